The number of carbonyl (C=O) groups excluding carboxylic acids is 3. The number of aryl methyl sites for hydroxylation is 1. The van der Waals surface area contributed by atoms with Gasteiger partial charge in [-0.2, -0.15) is 0 Å². The fourth-order valence-corrected chi connectivity index (χ4v) is 2.68. The Morgan fingerprint density at radius 2 is 2.00 bits per heavy atom. The molecule has 2 amide bonds. The Kier molecular flexibility index (Phi) is 7.42. The second kappa shape index (κ2) is 9.77. The second-order valence-electron chi connectivity index (χ2n) is 5.71. The Hall–Kier alpha value is -2.81. The molecular weight excluding hydrogens is 370 g/mol. The number of hydrogen-bond acceptors (Lipinski definition) is 7. The highest BCUT2D eigenvalue weighted by Gasteiger charge is 2.18. The van der Waals surface area contributed by atoms with Crippen LogP contribution in [0.3, 0.4) is 0 Å². The number of likely N-dealkylation sites (N-methyl/N-ethyl adjacent to an activating group) is 1. The molecule has 1 heterocycles. The lowest BCUT2D eigenvalue weighted by Gasteiger charge is -2.17. The van der Waals surface area contributed by atoms with E-state index >= 15 is 0 Å². The molecule has 1 aromatic heterocycles. The maximum atomic E-state index is 12.1. The summed E-state index contributed by atoms with van der Waals surface area (Å²) < 4.78 is 9.86. The molecule has 0 spiro atoms. The first kappa shape index (κ1) is 20.5. The number of nitrogens with one attached hydrogen (secondary N) is 1. The molecule has 0 aliphatic rings. The molecule has 1 unspecified atom stereocenters. The summed E-state index contributed by atoms with van der Waals surface area (Å²) in [5, 5.41) is 5.76. The van der Waals surface area contributed by atoms with Crippen LogP contribution in [0.25, 0.3) is 0 Å². The van der Waals surface area contributed by atoms with Gasteiger partial charge in [0.15, 0.2) is 12.4 Å². The molecule has 27 heavy (non-hydrogen) atoms. The number of rotatable bonds is 8. The molecule has 0 saturated heterocycles. The van der Waals surface area contributed by atoms with Gasteiger partial charge in [-0.15, -0.1) is 11.8 Å². The van der Waals surface area contributed by atoms with Crippen molar-refractivity contribution in [3.63, 3.8) is 0 Å². The van der Waals surface area contributed by atoms with Gasteiger partial charge in [0.2, 0.25) is 5.91 Å². The van der Waals surface area contributed by atoms with E-state index in [1.54, 1.807) is 39.1 Å². The number of aromatic nitrogens is 1. The molecule has 144 valence electrons. The van der Waals surface area contributed by atoms with Gasteiger partial charge in [-0.25, -0.2) is 0 Å². The summed E-state index contributed by atoms with van der Waals surface area (Å²) in [4.78, 5) is 37.3. The van der Waals surface area contributed by atoms with Crippen molar-refractivity contribution in [1.29, 1.82) is 0 Å². The Morgan fingerprint density at radius 3 is 2.63 bits per heavy atom. The molecule has 2 aromatic rings. The van der Waals surface area contributed by atoms with E-state index in [9.17, 15) is 14.4 Å². The van der Waals surface area contributed by atoms with Crippen LogP contribution in [0.5, 0.6) is 0 Å². The van der Waals surface area contributed by atoms with Gasteiger partial charge in [0, 0.05) is 18.8 Å². The van der Waals surface area contributed by atoms with E-state index in [0.717, 1.165) is 11.8 Å². The van der Waals surface area contributed by atoms with Crippen molar-refractivity contribution in [3.8, 4) is 0 Å². The van der Waals surface area contributed by atoms with E-state index in [1.807, 2.05) is 18.2 Å². The van der Waals surface area contributed by atoms with Gasteiger partial charge in [-0.1, -0.05) is 23.4 Å². The van der Waals surface area contributed by atoms with E-state index in [1.165, 1.54) is 4.90 Å². The zero-order valence-corrected chi connectivity index (χ0v) is 16.1. The van der Waals surface area contributed by atoms with Crippen molar-refractivity contribution in [2.45, 2.75) is 19.1 Å². The fourth-order valence-electron chi connectivity index (χ4n) is 2.00. The highest BCUT2D eigenvalue weighted by atomic mass is 32.2. The maximum Gasteiger partial charge on any atom is 0.316 e. The van der Waals surface area contributed by atoms with E-state index in [2.05, 4.69) is 10.5 Å². The maximum absolute atomic E-state index is 12.1. The monoisotopic (exact) mass is 391 g/mol. The number of thioether (sulfide) groups is 1. The molecule has 1 atom stereocenters. The number of anilines is 2. The van der Waals surface area contributed by atoms with Crippen LogP contribution in [-0.2, 0) is 19.1 Å². The van der Waals surface area contributed by atoms with Gasteiger partial charge in [0.25, 0.3) is 5.91 Å². The van der Waals surface area contributed by atoms with Crippen molar-refractivity contribution >= 4 is 41.1 Å². The first-order valence-corrected chi connectivity index (χ1v) is 9.24. The second-order valence-corrected chi connectivity index (χ2v) is 7.04. The first-order chi connectivity index (χ1) is 12.9. The number of para-hydroxylation sites is 1. The number of carbonyl (C=O) groups is 3. The Balaban J connectivity index is 1.70. The third-order valence-electron chi connectivity index (χ3n) is 3.57. The number of nitrogens with zero attached hydrogens (tertiary/aromatic N) is 2. The predicted octanol–water partition coefficient (Wildman–Crippen LogP) is 2.25. The van der Waals surface area contributed by atoms with Gasteiger partial charge < -0.3 is 19.5 Å². The molecule has 8 nitrogen and oxygen atoms in total. The average molecular weight is 391 g/mol. The Labute approximate surface area is 161 Å². The smallest absolute Gasteiger partial charge is 0.316 e. The lowest BCUT2D eigenvalue weighted by Crippen LogP contribution is -2.31. The summed E-state index contributed by atoms with van der Waals surface area (Å²) in [5.41, 5.74) is 0.710. The summed E-state index contributed by atoms with van der Waals surface area (Å²) in [6.07, 6.45) is 0. The molecule has 9 heteroatoms. The van der Waals surface area contributed by atoms with Crippen molar-refractivity contribution in [3.05, 3.63) is 42.2 Å². The fraction of sp³-hybridized carbons (Fsp3) is 0.333. The molecule has 0 bridgehead atoms. The molecule has 0 saturated carbocycles. The van der Waals surface area contributed by atoms with Crippen LogP contribution < -0.4 is 10.2 Å². The van der Waals surface area contributed by atoms with Crippen LogP contribution in [0.15, 0.2) is 40.9 Å². The van der Waals surface area contributed by atoms with E-state index in [-0.39, 0.29) is 24.2 Å². The zero-order chi connectivity index (χ0) is 19.8. The molecule has 0 fully saturated rings. The molecule has 1 N–H and O–H groups in total. The molecule has 0 aliphatic carbocycles. The van der Waals surface area contributed by atoms with E-state index < -0.39 is 11.2 Å². The summed E-state index contributed by atoms with van der Waals surface area (Å²) in [6.45, 7) is 3.02. The highest BCUT2D eigenvalue weighted by Crippen LogP contribution is 2.15. The van der Waals surface area contributed by atoms with Crippen LogP contribution in [0, 0.1) is 6.92 Å². The summed E-state index contributed by atoms with van der Waals surface area (Å²) in [6, 6.07) is 10.6. The molecule has 2 rings (SSSR count). The van der Waals surface area contributed by atoms with Crippen molar-refractivity contribution in [2.24, 2.45) is 0 Å². The van der Waals surface area contributed by atoms with Crippen LogP contribution in [0.4, 0.5) is 11.5 Å². The minimum Gasteiger partial charge on any atom is -0.455 e. The van der Waals surface area contributed by atoms with Crippen molar-refractivity contribution in [1.82, 2.24) is 5.16 Å². The summed E-state index contributed by atoms with van der Waals surface area (Å²) in [5.74, 6) is -0.352. The minimum atomic E-state index is -0.563. The van der Waals surface area contributed by atoms with E-state index in [4.69, 9.17) is 9.26 Å². The zero-order valence-electron chi connectivity index (χ0n) is 15.3. The van der Waals surface area contributed by atoms with Crippen LogP contribution in [-0.4, -0.2) is 47.6 Å². The highest BCUT2D eigenvalue weighted by molar-refractivity contribution is 8.01. The minimum absolute atomic E-state index is 0.0469. The largest absolute Gasteiger partial charge is 0.455 e. The predicted molar refractivity (Wildman–Crippen MR) is 103 cm³/mol. The number of esters is 1. The SMILES string of the molecule is Cc1cc(NC(=O)C(C)SCC(=O)OCC(=O)N(C)c2ccccc2)no1. The Bertz CT molecular complexity index is 793. The molecular formula is C18H21N3O5S. The van der Waals surface area contributed by atoms with Crippen LogP contribution in [0.2, 0.25) is 0 Å². The van der Waals surface area contributed by atoms with Gasteiger partial charge in [0.05, 0.1) is 11.0 Å². The number of hydrogen-bond donors (Lipinski definition) is 1. The topological polar surface area (TPSA) is 102 Å². The summed E-state index contributed by atoms with van der Waals surface area (Å²) in [7, 11) is 1.61. The number of amides is 2. The van der Waals surface area contributed by atoms with Crippen molar-refractivity contribution < 1.29 is 23.6 Å². The Morgan fingerprint density at radius 1 is 1.30 bits per heavy atom. The molecule has 0 radical (unpaired) electrons. The van der Waals surface area contributed by atoms with Crippen molar-refractivity contribution in [2.75, 3.05) is 29.6 Å². The average Bonchev–Trinajstić information content (AvgIpc) is 3.08. The van der Waals surface area contributed by atoms with Gasteiger partial charge in [-0.05, 0) is 26.0 Å². The molecule has 0 aliphatic heterocycles. The third kappa shape index (κ3) is 6.45. The number of benzene rings is 1. The lowest BCUT2D eigenvalue weighted by molar-refractivity contribution is -0.145. The van der Waals surface area contributed by atoms with Gasteiger partial charge >= 0.3 is 5.97 Å². The lowest BCUT2D eigenvalue weighted by atomic mass is 10.3. The summed E-state index contributed by atoms with van der Waals surface area (Å²) >= 11 is 1.11. The number of ether oxygens (including phenoxy) is 1. The van der Waals surface area contributed by atoms with E-state index in [0.29, 0.717) is 17.3 Å². The van der Waals surface area contributed by atoms with Crippen LogP contribution in [0.1, 0.15) is 12.7 Å². The molecule has 1 aromatic carbocycles. The third-order valence-corrected chi connectivity index (χ3v) is 4.69. The standard InChI is InChI=1S/C18H21N3O5S/c1-12-9-15(20-26-12)19-18(24)13(2)27-11-17(23)25-10-16(22)21(3)14-7-5-4-6-8-14/h4-9,13H,10-11H2,1-3H3,(H,19,20,24). The quantitative estimate of drug-likeness (QED) is 0.689. The normalized spacial score (nSPS) is 11.5. The van der Waals surface area contributed by atoms with Gasteiger partial charge in [-0.3, -0.25) is 14.4 Å². The van der Waals surface area contributed by atoms with Gasteiger partial charge in [0.1, 0.15) is 5.76 Å². The first-order valence-electron chi connectivity index (χ1n) is 8.20. The van der Waals surface area contributed by atoms with Crippen LogP contribution >= 0.6 is 11.8 Å².